The highest BCUT2D eigenvalue weighted by atomic mass is 19.1. The Bertz CT molecular complexity index is 1340. The van der Waals surface area contributed by atoms with E-state index in [1.165, 1.54) is 21.3 Å². The molecule has 7 heteroatoms. The Morgan fingerprint density at radius 1 is 0.935 bits per heavy atom. The number of hydrogen-bond acceptors (Lipinski definition) is 3. The Morgan fingerprint density at radius 3 is 2.16 bits per heavy atom. The highest BCUT2D eigenvalue weighted by Gasteiger charge is 2.20. The molecule has 0 spiro atoms. The van der Waals surface area contributed by atoms with E-state index in [-0.39, 0.29) is 18.4 Å². The van der Waals surface area contributed by atoms with E-state index >= 15 is 0 Å². The molecule has 0 aliphatic heterocycles. The summed E-state index contributed by atoms with van der Waals surface area (Å²) in [6.45, 7) is 8.16. The molecule has 0 fully saturated rings. The van der Waals surface area contributed by atoms with Gasteiger partial charge >= 0.3 is 5.69 Å². The minimum absolute atomic E-state index is 0.00811. The lowest BCUT2D eigenvalue weighted by atomic mass is 10.0. The van der Waals surface area contributed by atoms with Gasteiger partial charge in [0, 0.05) is 6.04 Å². The fourth-order valence-electron chi connectivity index (χ4n) is 3.69. The van der Waals surface area contributed by atoms with Crippen LogP contribution in [0.5, 0.6) is 0 Å². The topological polar surface area (TPSA) is 61.8 Å². The summed E-state index contributed by atoms with van der Waals surface area (Å²) >= 11 is 0. The van der Waals surface area contributed by atoms with Gasteiger partial charge in [-0.15, -0.1) is 0 Å². The summed E-state index contributed by atoms with van der Waals surface area (Å²) in [5.41, 5.74) is 2.26. The van der Waals surface area contributed by atoms with E-state index in [9.17, 15) is 14.0 Å². The maximum Gasteiger partial charge on any atom is 0.337 e. The number of halogens is 1. The molecule has 4 rings (SSSR count). The molecule has 0 atom stereocenters. The number of benzene rings is 2. The highest BCUT2D eigenvalue weighted by Crippen LogP contribution is 2.20. The number of hydrogen-bond donors (Lipinski definition) is 0. The molecule has 160 valence electrons. The fourth-order valence-corrected chi connectivity index (χ4v) is 3.69. The average molecular weight is 420 g/mol. The van der Waals surface area contributed by atoms with Crippen molar-refractivity contribution in [3.63, 3.8) is 0 Å². The predicted octanol–water partition coefficient (Wildman–Crippen LogP) is 4.24. The molecule has 0 amide bonds. The Balaban J connectivity index is 1.99. The zero-order valence-corrected chi connectivity index (χ0v) is 18.0. The Kier molecular flexibility index (Phi) is 5.35. The summed E-state index contributed by atoms with van der Waals surface area (Å²) < 4.78 is 17.8. The van der Waals surface area contributed by atoms with Gasteiger partial charge in [0.2, 0.25) is 0 Å². The van der Waals surface area contributed by atoms with Crippen LogP contribution in [0.15, 0.2) is 64.4 Å². The van der Waals surface area contributed by atoms with Gasteiger partial charge in [-0.25, -0.2) is 18.7 Å². The Morgan fingerprint density at radius 2 is 1.58 bits per heavy atom. The molecule has 6 nitrogen and oxygen atoms in total. The van der Waals surface area contributed by atoms with Crippen LogP contribution in [-0.4, -0.2) is 18.7 Å². The van der Waals surface area contributed by atoms with Gasteiger partial charge in [-0.3, -0.25) is 9.36 Å². The van der Waals surface area contributed by atoms with Crippen LogP contribution >= 0.6 is 0 Å². The normalized spacial score (nSPS) is 11.7. The van der Waals surface area contributed by atoms with E-state index < -0.39 is 11.2 Å². The number of imidazole rings is 1. The SMILES string of the molecule is CC(C)c1ccc(-n2c(=O)n(Cc3ccc(F)cc3)c(=O)c3c2ncn3C(C)C)cc1. The van der Waals surface area contributed by atoms with Gasteiger partial charge in [0.25, 0.3) is 5.56 Å². The third kappa shape index (κ3) is 3.71. The number of nitrogens with zero attached hydrogens (tertiary/aromatic N) is 4. The average Bonchev–Trinajstić information content (AvgIpc) is 3.18. The van der Waals surface area contributed by atoms with Gasteiger partial charge in [0.15, 0.2) is 11.2 Å². The molecule has 2 aromatic carbocycles. The van der Waals surface area contributed by atoms with Crippen molar-refractivity contribution in [1.29, 1.82) is 0 Å². The monoisotopic (exact) mass is 420 g/mol. The first kappa shape index (κ1) is 20.8. The van der Waals surface area contributed by atoms with Gasteiger partial charge in [0.1, 0.15) is 5.82 Å². The third-order valence-electron chi connectivity index (χ3n) is 5.48. The van der Waals surface area contributed by atoms with Crippen LogP contribution in [0.1, 0.15) is 50.8 Å². The van der Waals surface area contributed by atoms with Gasteiger partial charge in [-0.2, -0.15) is 0 Å². The maximum atomic E-state index is 13.5. The summed E-state index contributed by atoms with van der Waals surface area (Å²) in [4.78, 5) is 31.2. The molecule has 0 saturated carbocycles. The second-order valence-corrected chi connectivity index (χ2v) is 8.30. The van der Waals surface area contributed by atoms with Crippen LogP contribution in [0, 0.1) is 5.82 Å². The van der Waals surface area contributed by atoms with Crippen LogP contribution in [0.4, 0.5) is 4.39 Å². The molecule has 0 aliphatic rings. The highest BCUT2D eigenvalue weighted by molar-refractivity contribution is 5.72. The summed E-state index contributed by atoms with van der Waals surface area (Å²) in [6.07, 6.45) is 1.59. The van der Waals surface area contributed by atoms with Crippen molar-refractivity contribution in [3.05, 3.63) is 92.6 Å². The quantitative estimate of drug-likeness (QED) is 0.485. The molecule has 0 bridgehead atoms. The zero-order chi connectivity index (χ0) is 22.3. The zero-order valence-electron chi connectivity index (χ0n) is 18.0. The van der Waals surface area contributed by atoms with Crippen LogP contribution in [0.25, 0.3) is 16.9 Å². The van der Waals surface area contributed by atoms with Gasteiger partial charge in [-0.1, -0.05) is 38.1 Å². The molecule has 4 aromatic rings. The van der Waals surface area contributed by atoms with Crippen molar-refractivity contribution >= 4 is 11.2 Å². The first-order valence-electron chi connectivity index (χ1n) is 10.3. The van der Waals surface area contributed by atoms with Crippen LogP contribution in [-0.2, 0) is 6.54 Å². The number of fused-ring (bicyclic) bond motifs is 1. The van der Waals surface area contributed by atoms with E-state index in [2.05, 4.69) is 18.8 Å². The first-order chi connectivity index (χ1) is 14.8. The van der Waals surface area contributed by atoms with Crippen LogP contribution in [0.3, 0.4) is 0 Å². The molecule has 0 unspecified atom stereocenters. The molecular weight excluding hydrogens is 395 g/mol. The van der Waals surface area contributed by atoms with E-state index in [1.807, 2.05) is 38.1 Å². The summed E-state index contributed by atoms with van der Waals surface area (Å²) in [5.74, 6) is -0.00884. The minimum atomic E-state index is -0.479. The summed E-state index contributed by atoms with van der Waals surface area (Å²) in [6, 6.07) is 13.5. The van der Waals surface area contributed by atoms with E-state index in [0.29, 0.717) is 28.3 Å². The second-order valence-electron chi connectivity index (χ2n) is 8.30. The third-order valence-corrected chi connectivity index (χ3v) is 5.48. The van der Waals surface area contributed by atoms with Crippen molar-refractivity contribution in [3.8, 4) is 5.69 Å². The molecule has 0 saturated heterocycles. The maximum absolute atomic E-state index is 13.5. The van der Waals surface area contributed by atoms with Crippen molar-refractivity contribution in [2.75, 3.05) is 0 Å². The predicted molar refractivity (Wildman–Crippen MR) is 120 cm³/mol. The smallest absolute Gasteiger partial charge is 0.322 e. The fraction of sp³-hybridized carbons (Fsp3) is 0.292. The Hall–Kier alpha value is -3.48. The lowest BCUT2D eigenvalue weighted by Crippen LogP contribution is -2.40. The van der Waals surface area contributed by atoms with Gasteiger partial charge < -0.3 is 4.57 Å². The molecule has 0 radical (unpaired) electrons. The molecule has 2 heterocycles. The largest absolute Gasteiger partial charge is 0.337 e. The van der Waals surface area contributed by atoms with Gasteiger partial charge in [0.05, 0.1) is 18.6 Å². The molecule has 0 aliphatic carbocycles. The summed E-state index contributed by atoms with van der Waals surface area (Å²) in [5, 5.41) is 0. The molecule has 31 heavy (non-hydrogen) atoms. The number of rotatable bonds is 5. The van der Waals surface area contributed by atoms with Gasteiger partial charge in [-0.05, 0) is 55.2 Å². The van der Waals surface area contributed by atoms with Crippen molar-refractivity contribution in [2.45, 2.75) is 46.2 Å². The molecule has 2 aromatic heterocycles. The first-order valence-corrected chi connectivity index (χ1v) is 10.3. The van der Waals surface area contributed by atoms with E-state index in [4.69, 9.17) is 0 Å². The van der Waals surface area contributed by atoms with E-state index in [0.717, 1.165) is 5.56 Å². The number of aromatic nitrogens is 4. The van der Waals surface area contributed by atoms with E-state index in [1.54, 1.807) is 23.0 Å². The second kappa shape index (κ2) is 7.98. The van der Waals surface area contributed by atoms with Crippen molar-refractivity contribution < 1.29 is 4.39 Å². The molecule has 0 N–H and O–H groups in total. The lowest BCUT2D eigenvalue weighted by molar-refractivity contribution is 0.607. The van der Waals surface area contributed by atoms with Crippen LogP contribution < -0.4 is 11.2 Å². The lowest BCUT2D eigenvalue weighted by Gasteiger charge is -2.15. The standard InChI is InChI=1S/C24H25FN4O2/c1-15(2)18-7-11-20(12-8-18)29-22-21(28(14-26-22)16(3)4)23(30)27(24(29)31)13-17-5-9-19(25)10-6-17/h5-12,14-16H,13H2,1-4H3. The minimum Gasteiger partial charge on any atom is -0.322 e. The Labute approximate surface area is 179 Å². The summed E-state index contributed by atoms with van der Waals surface area (Å²) in [7, 11) is 0. The molecular formula is C24H25FN4O2. The van der Waals surface area contributed by atoms with Crippen LogP contribution in [0.2, 0.25) is 0 Å². The van der Waals surface area contributed by atoms with Crippen molar-refractivity contribution in [1.82, 2.24) is 18.7 Å². The van der Waals surface area contributed by atoms with Crippen molar-refractivity contribution in [2.24, 2.45) is 0 Å².